The summed E-state index contributed by atoms with van der Waals surface area (Å²) in [5.74, 6) is -0.112. The Morgan fingerprint density at radius 3 is 2.83 bits per heavy atom. The van der Waals surface area contributed by atoms with E-state index in [2.05, 4.69) is 12.2 Å². The van der Waals surface area contributed by atoms with Crippen LogP contribution in [0.3, 0.4) is 0 Å². The number of benzene rings is 1. The third-order valence-corrected chi connectivity index (χ3v) is 3.43. The molecule has 0 aromatic heterocycles. The van der Waals surface area contributed by atoms with E-state index in [1.807, 2.05) is 24.3 Å². The lowest BCUT2D eigenvalue weighted by Crippen LogP contribution is -2.54. The number of anilines is 1. The van der Waals surface area contributed by atoms with Gasteiger partial charge in [0.1, 0.15) is 5.54 Å². The summed E-state index contributed by atoms with van der Waals surface area (Å²) in [6.45, 7) is 3.20. The first-order chi connectivity index (χ1) is 8.64. The van der Waals surface area contributed by atoms with Gasteiger partial charge in [-0.15, -0.1) is 0 Å². The number of nitrogens with two attached hydrogens (primary N) is 1. The number of amides is 1. The summed E-state index contributed by atoms with van der Waals surface area (Å²) in [6, 6.07) is 7.87. The van der Waals surface area contributed by atoms with Crippen molar-refractivity contribution in [3.05, 3.63) is 29.8 Å². The second-order valence-electron chi connectivity index (χ2n) is 4.78. The van der Waals surface area contributed by atoms with Crippen molar-refractivity contribution in [3.8, 4) is 0 Å². The first-order valence-corrected chi connectivity index (χ1v) is 6.41. The largest absolute Gasteiger partial charge is 0.381 e. The molecule has 4 heteroatoms. The summed E-state index contributed by atoms with van der Waals surface area (Å²) in [4.78, 5) is 12.2. The van der Waals surface area contributed by atoms with Gasteiger partial charge >= 0.3 is 0 Å². The van der Waals surface area contributed by atoms with Crippen LogP contribution in [-0.4, -0.2) is 24.7 Å². The molecule has 1 heterocycles. The van der Waals surface area contributed by atoms with Gasteiger partial charge in [-0.1, -0.05) is 19.1 Å². The molecule has 0 spiro atoms. The number of carbonyl (C=O) groups is 1. The molecule has 0 radical (unpaired) electrons. The molecule has 1 aliphatic heterocycles. The zero-order valence-corrected chi connectivity index (χ0v) is 10.7. The SMILES string of the molecule is CCc1cccc(NC(=O)C2(N)CCOCC2)c1. The van der Waals surface area contributed by atoms with Crippen LogP contribution in [0.25, 0.3) is 0 Å². The smallest absolute Gasteiger partial charge is 0.244 e. The van der Waals surface area contributed by atoms with E-state index in [0.29, 0.717) is 26.1 Å². The van der Waals surface area contributed by atoms with Crippen molar-refractivity contribution < 1.29 is 9.53 Å². The lowest BCUT2D eigenvalue weighted by Gasteiger charge is -2.31. The summed E-state index contributed by atoms with van der Waals surface area (Å²) in [5.41, 5.74) is 7.35. The topological polar surface area (TPSA) is 64.4 Å². The van der Waals surface area contributed by atoms with E-state index in [4.69, 9.17) is 10.5 Å². The molecule has 98 valence electrons. The Hall–Kier alpha value is -1.39. The van der Waals surface area contributed by atoms with Crippen LogP contribution in [0.1, 0.15) is 25.3 Å². The Labute approximate surface area is 108 Å². The Morgan fingerprint density at radius 2 is 2.17 bits per heavy atom. The molecule has 0 unspecified atom stereocenters. The van der Waals surface area contributed by atoms with Gasteiger partial charge in [0.15, 0.2) is 0 Å². The Balaban J connectivity index is 2.05. The van der Waals surface area contributed by atoms with Crippen molar-refractivity contribution in [1.82, 2.24) is 0 Å². The molecule has 1 fully saturated rings. The normalized spacial score (nSPS) is 18.3. The van der Waals surface area contributed by atoms with Gasteiger partial charge in [0, 0.05) is 18.9 Å². The fourth-order valence-electron chi connectivity index (χ4n) is 2.09. The molecule has 0 aliphatic carbocycles. The van der Waals surface area contributed by atoms with Crippen LogP contribution in [0, 0.1) is 0 Å². The predicted molar refractivity (Wildman–Crippen MR) is 71.4 cm³/mol. The van der Waals surface area contributed by atoms with E-state index in [9.17, 15) is 4.79 Å². The summed E-state index contributed by atoms with van der Waals surface area (Å²) < 4.78 is 5.24. The van der Waals surface area contributed by atoms with Crippen LogP contribution in [0.15, 0.2) is 24.3 Å². The van der Waals surface area contributed by atoms with Crippen LogP contribution >= 0.6 is 0 Å². The van der Waals surface area contributed by atoms with Gasteiger partial charge in [0.25, 0.3) is 0 Å². The zero-order chi connectivity index (χ0) is 13.0. The summed E-state index contributed by atoms with van der Waals surface area (Å²) in [7, 11) is 0. The summed E-state index contributed by atoms with van der Waals surface area (Å²) >= 11 is 0. The van der Waals surface area contributed by atoms with Crippen molar-refractivity contribution in [1.29, 1.82) is 0 Å². The van der Waals surface area contributed by atoms with Crippen molar-refractivity contribution in [2.75, 3.05) is 18.5 Å². The molecule has 0 saturated carbocycles. The van der Waals surface area contributed by atoms with Crippen LogP contribution in [0.4, 0.5) is 5.69 Å². The van der Waals surface area contributed by atoms with Gasteiger partial charge in [0.05, 0.1) is 0 Å². The van der Waals surface area contributed by atoms with E-state index in [1.54, 1.807) is 0 Å². The second-order valence-corrected chi connectivity index (χ2v) is 4.78. The summed E-state index contributed by atoms with van der Waals surface area (Å²) in [6.07, 6.45) is 2.10. The van der Waals surface area contributed by atoms with Gasteiger partial charge in [0.2, 0.25) is 5.91 Å². The fraction of sp³-hybridized carbons (Fsp3) is 0.500. The third-order valence-electron chi connectivity index (χ3n) is 3.43. The minimum absolute atomic E-state index is 0.112. The van der Waals surface area contributed by atoms with Crippen LogP contribution in [0.5, 0.6) is 0 Å². The average Bonchev–Trinajstić information content (AvgIpc) is 2.40. The van der Waals surface area contributed by atoms with E-state index in [-0.39, 0.29) is 5.91 Å². The van der Waals surface area contributed by atoms with Gasteiger partial charge in [-0.25, -0.2) is 0 Å². The molecule has 1 aromatic carbocycles. The van der Waals surface area contributed by atoms with Crippen LogP contribution in [-0.2, 0) is 16.0 Å². The highest BCUT2D eigenvalue weighted by Crippen LogP contribution is 2.20. The van der Waals surface area contributed by atoms with Crippen LogP contribution in [0.2, 0.25) is 0 Å². The molecule has 0 atom stereocenters. The van der Waals surface area contributed by atoms with E-state index in [1.165, 1.54) is 5.56 Å². The number of rotatable bonds is 3. The maximum absolute atomic E-state index is 12.2. The molecular formula is C14H20N2O2. The minimum Gasteiger partial charge on any atom is -0.381 e. The molecule has 1 aliphatic rings. The lowest BCUT2D eigenvalue weighted by molar-refractivity contribution is -0.124. The van der Waals surface area contributed by atoms with E-state index < -0.39 is 5.54 Å². The first kappa shape index (κ1) is 13.1. The number of hydrogen-bond acceptors (Lipinski definition) is 3. The maximum Gasteiger partial charge on any atom is 0.244 e. The number of nitrogens with one attached hydrogen (secondary N) is 1. The van der Waals surface area contributed by atoms with Crippen molar-refractivity contribution in [3.63, 3.8) is 0 Å². The molecule has 18 heavy (non-hydrogen) atoms. The monoisotopic (exact) mass is 248 g/mol. The van der Waals surface area contributed by atoms with Gasteiger partial charge in [-0.05, 0) is 37.0 Å². The summed E-state index contributed by atoms with van der Waals surface area (Å²) in [5, 5.41) is 2.91. The van der Waals surface area contributed by atoms with Crippen molar-refractivity contribution in [2.45, 2.75) is 31.7 Å². The number of ether oxygens (including phenoxy) is 1. The standard InChI is InChI=1S/C14H20N2O2/c1-2-11-4-3-5-12(10-11)16-13(17)14(15)6-8-18-9-7-14/h3-5,10H,2,6-9,15H2,1H3,(H,16,17). The van der Waals surface area contributed by atoms with Crippen molar-refractivity contribution >= 4 is 11.6 Å². The lowest BCUT2D eigenvalue weighted by atomic mass is 9.90. The van der Waals surface area contributed by atoms with Gasteiger partial charge in [-0.3, -0.25) is 4.79 Å². The molecular weight excluding hydrogens is 228 g/mol. The number of hydrogen-bond donors (Lipinski definition) is 2. The molecule has 1 aromatic rings. The Bertz CT molecular complexity index is 426. The third kappa shape index (κ3) is 2.89. The predicted octanol–water partition coefficient (Wildman–Crippen LogP) is 1.70. The first-order valence-electron chi connectivity index (χ1n) is 6.41. The van der Waals surface area contributed by atoms with E-state index >= 15 is 0 Å². The Morgan fingerprint density at radius 1 is 1.44 bits per heavy atom. The van der Waals surface area contributed by atoms with Gasteiger partial charge < -0.3 is 15.8 Å². The molecule has 1 saturated heterocycles. The number of carbonyl (C=O) groups excluding carboxylic acids is 1. The zero-order valence-electron chi connectivity index (χ0n) is 10.7. The molecule has 4 nitrogen and oxygen atoms in total. The molecule has 2 rings (SSSR count). The van der Waals surface area contributed by atoms with Crippen LogP contribution < -0.4 is 11.1 Å². The quantitative estimate of drug-likeness (QED) is 0.855. The molecule has 1 amide bonds. The highest BCUT2D eigenvalue weighted by atomic mass is 16.5. The fourth-order valence-corrected chi connectivity index (χ4v) is 2.09. The highest BCUT2D eigenvalue weighted by Gasteiger charge is 2.35. The number of aryl methyl sites for hydroxylation is 1. The second kappa shape index (κ2) is 5.50. The van der Waals surface area contributed by atoms with Gasteiger partial charge in [-0.2, -0.15) is 0 Å². The van der Waals surface area contributed by atoms with Crippen molar-refractivity contribution in [2.24, 2.45) is 5.73 Å². The highest BCUT2D eigenvalue weighted by molar-refractivity contribution is 5.98. The average molecular weight is 248 g/mol. The van der Waals surface area contributed by atoms with E-state index in [0.717, 1.165) is 12.1 Å². The maximum atomic E-state index is 12.2. The molecule has 3 N–H and O–H groups in total. The minimum atomic E-state index is -0.791. The molecule has 0 bridgehead atoms. The Kier molecular flexibility index (Phi) is 3.99.